The molecule has 0 aromatic heterocycles. The minimum atomic E-state index is -0.643. The summed E-state index contributed by atoms with van der Waals surface area (Å²) in [5, 5.41) is 12.8. The Morgan fingerprint density at radius 3 is 2.83 bits per heavy atom. The minimum absolute atomic E-state index is 0.0764. The van der Waals surface area contributed by atoms with Gasteiger partial charge in [-0.05, 0) is 52.4 Å². The van der Waals surface area contributed by atoms with Crippen LogP contribution in [-0.2, 0) is 9.53 Å². The number of hydrogen-bond acceptors (Lipinski definition) is 5. The zero-order valence-corrected chi connectivity index (χ0v) is 11.4. The molecule has 0 amide bonds. The van der Waals surface area contributed by atoms with Crippen molar-refractivity contribution in [2.75, 3.05) is 39.3 Å². The molecule has 5 heteroatoms. The summed E-state index contributed by atoms with van der Waals surface area (Å²) in [4.78, 5) is 13.6. The third-order valence-electron chi connectivity index (χ3n) is 3.11. The quantitative estimate of drug-likeness (QED) is 0.462. The fourth-order valence-electron chi connectivity index (χ4n) is 2.19. The number of ether oxygens (including phenoxy) is 1. The second-order valence-electron chi connectivity index (χ2n) is 4.77. The predicted molar refractivity (Wildman–Crippen MR) is 70.4 cm³/mol. The Balaban J connectivity index is 1.91. The monoisotopic (exact) mass is 258 g/mol. The molecule has 0 aromatic carbocycles. The lowest BCUT2D eigenvalue weighted by atomic mass is 10.2. The predicted octanol–water partition coefficient (Wildman–Crippen LogP) is 0.376. The highest BCUT2D eigenvalue weighted by molar-refractivity contribution is 5.69. The summed E-state index contributed by atoms with van der Waals surface area (Å²) >= 11 is 0. The van der Waals surface area contributed by atoms with Crippen LogP contribution in [0, 0.1) is 0 Å². The fourth-order valence-corrected chi connectivity index (χ4v) is 2.19. The van der Waals surface area contributed by atoms with E-state index in [1.165, 1.54) is 25.9 Å². The lowest BCUT2D eigenvalue weighted by Gasteiger charge is -2.15. The molecule has 0 saturated carbocycles. The molecule has 0 spiro atoms. The van der Waals surface area contributed by atoms with Gasteiger partial charge in [0.15, 0.2) is 0 Å². The Bertz CT molecular complexity index is 230. The van der Waals surface area contributed by atoms with Gasteiger partial charge < -0.3 is 20.1 Å². The number of esters is 1. The molecule has 1 aliphatic heterocycles. The van der Waals surface area contributed by atoms with Crippen LogP contribution in [-0.4, -0.2) is 61.4 Å². The van der Waals surface area contributed by atoms with Crippen LogP contribution in [0.1, 0.15) is 32.6 Å². The average molecular weight is 258 g/mol. The van der Waals surface area contributed by atoms with Gasteiger partial charge in [-0.2, -0.15) is 0 Å². The first-order valence-corrected chi connectivity index (χ1v) is 6.99. The van der Waals surface area contributed by atoms with Gasteiger partial charge in [0.1, 0.15) is 0 Å². The Kier molecular flexibility index (Phi) is 7.96. The van der Waals surface area contributed by atoms with Crippen LogP contribution < -0.4 is 5.32 Å². The number of hydrogen-bond donors (Lipinski definition) is 2. The van der Waals surface area contributed by atoms with Gasteiger partial charge in [0.05, 0.1) is 19.1 Å². The van der Waals surface area contributed by atoms with Crippen LogP contribution in [0.15, 0.2) is 0 Å². The molecule has 2 N–H and O–H groups in total. The van der Waals surface area contributed by atoms with Crippen LogP contribution >= 0.6 is 0 Å². The molecule has 0 aliphatic carbocycles. The molecule has 1 atom stereocenters. The number of carbonyl (C=O) groups excluding carboxylic acids is 1. The largest absolute Gasteiger partial charge is 0.466 e. The van der Waals surface area contributed by atoms with Crippen molar-refractivity contribution in [3.63, 3.8) is 0 Å². The van der Waals surface area contributed by atoms with E-state index in [-0.39, 0.29) is 12.4 Å². The van der Waals surface area contributed by atoms with Crippen LogP contribution in [0.4, 0.5) is 0 Å². The van der Waals surface area contributed by atoms with Crippen molar-refractivity contribution < 1.29 is 14.6 Å². The summed E-state index contributed by atoms with van der Waals surface area (Å²) in [6.07, 6.45) is 3.17. The number of aliphatic hydroxyl groups is 1. The smallest absolute Gasteiger partial charge is 0.308 e. The van der Waals surface area contributed by atoms with Crippen molar-refractivity contribution >= 4 is 5.97 Å². The molecular weight excluding hydrogens is 232 g/mol. The summed E-state index contributed by atoms with van der Waals surface area (Å²) in [7, 11) is 0. The highest BCUT2D eigenvalue weighted by atomic mass is 16.5. The maximum Gasteiger partial charge on any atom is 0.308 e. The second kappa shape index (κ2) is 9.30. The highest BCUT2D eigenvalue weighted by Crippen LogP contribution is 2.06. The Hall–Kier alpha value is -0.650. The van der Waals surface area contributed by atoms with E-state index in [0.29, 0.717) is 13.2 Å². The van der Waals surface area contributed by atoms with E-state index in [4.69, 9.17) is 4.74 Å². The zero-order chi connectivity index (χ0) is 13.2. The van der Waals surface area contributed by atoms with E-state index in [1.54, 1.807) is 6.92 Å². The van der Waals surface area contributed by atoms with E-state index in [9.17, 15) is 9.90 Å². The molecule has 106 valence electrons. The molecule has 1 fully saturated rings. The van der Waals surface area contributed by atoms with Crippen molar-refractivity contribution in [3.8, 4) is 0 Å². The molecular formula is C13H26N2O3. The van der Waals surface area contributed by atoms with Gasteiger partial charge in [-0.25, -0.2) is 0 Å². The van der Waals surface area contributed by atoms with Gasteiger partial charge in [-0.3, -0.25) is 4.79 Å². The van der Waals surface area contributed by atoms with Crippen molar-refractivity contribution in [1.29, 1.82) is 0 Å². The zero-order valence-electron chi connectivity index (χ0n) is 11.4. The second-order valence-corrected chi connectivity index (χ2v) is 4.77. The molecule has 0 aromatic rings. The lowest BCUT2D eigenvalue weighted by molar-refractivity contribution is -0.145. The van der Waals surface area contributed by atoms with Gasteiger partial charge in [0, 0.05) is 6.54 Å². The molecule has 1 aliphatic rings. The summed E-state index contributed by atoms with van der Waals surface area (Å²) in [5.74, 6) is -0.330. The fraction of sp³-hybridized carbons (Fsp3) is 0.923. The molecule has 1 unspecified atom stereocenters. The normalized spacial score (nSPS) is 17.9. The summed E-state index contributed by atoms with van der Waals surface area (Å²) < 4.78 is 4.77. The molecule has 1 saturated heterocycles. The maximum absolute atomic E-state index is 11.1. The molecule has 0 bridgehead atoms. The lowest BCUT2D eigenvalue weighted by Crippen LogP contribution is -2.31. The number of nitrogens with zero attached hydrogens (tertiary/aromatic N) is 1. The Labute approximate surface area is 109 Å². The van der Waals surface area contributed by atoms with Crippen LogP contribution in [0.2, 0.25) is 0 Å². The summed E-state index contributed by atoms with van der Waals surface area (Å²) in [6, 6.07) is 0. The van der Waals surface area contributed by atoms with E-state index in [0.717, 1.165) is 19.5 Å². The maximum atomic E-state index is 11.1. The van der Waals surface area contributed by atoms with E-state index in [2.05, 4.69) is 10.2 Å². The molecule has 18 heavy (non-hydrogen) atoms. The first kappa shape index (κ1) is 15.4. The Morgan fingerprint density at radius 2 is 2.17 bits per heavy atom. The van der Waals surface area contributed by atoms with Gasteiger partial charge in [-0.15, -0.1) is 0 Å². The summed E-state index contributed by atoms with van der Waals surface area (Å²) in [5.41, 5.74) is 0. The van der Waals surface area contributed by atoms with Gasteiger partial charge in [-0.1, -0.05) is 0 Å². The minimum Gasteiger partial charge on any atom is -0.466 e. The topological polar surface area (TPSA) is 61.8 Å². The molecule has 0 radical (unpaired) electrons. The highest BCUT2D eigenvalue weighted by Gasteiger charge is 2.12. The number of likely N-dealkylation sites (tertiary alicyclic amines) is 1. The van der Waals surface area contributed by atoms with Gasteiger partial charge in [0.2, 0.25) is 0 Å². The standard InChI is InChI=1S/C13H26N2O3/c1-2-18-13(17)10-12(16)11-14-6-5-9-15-7-3-4-8-15/h12,14,16H,2-11H2,1H3. The number of aliphatic hydroxyl groups excluding tert-OH is 1. The first-order chi connectivity index (χ1) is 8.72. The van der Waals surface area contributed by atoms with Crippen LogP contribution in [0.5, 0.6) is 0 Å². The Morgan fingerprint density at radius 1 is 1.44 bits per heavy atom. The SMILES string of the molecule is CCOC(=O)CC(O)CNCCCN1CCCC1. The first-order valence-electron chi connectivity index (χ1n) is 6.99. The van der Waals surface area contributed by atoms with Crippen molar-refractivity contribution in [2.24, 2.45) is 0 Å². The number of carbonyl (C=O) groups is 1. The summed E-state index contributed by atoms with van der Waals surface area (Å²) in [6.45, 7) is 7.06. The van der Waals surface area contributed by atoms with Gasteiger partial charge >= 0.3 is 5.97 Å². The van der Waals surface area contributed by atoms with Crippen LogP contribution in [0.3, 0.4) is 0 Å². The third kappa shape index (κ3) is 6.93. The van der Waals surface area contributed by atoms with Crippen LogP contribution in [0.25, 0.3) is 0 Å². The van der Waals surface area contributed by atoms with Crippen molar-refractivity contribution in [1.82, 2.24) is 10.2 Å². The van der Waals surface area contributed by atoms with Crippen molar-refractivity contribution in [3.05, 3.63) is 0 Å². The molecule has 1 heterocycles. The van der Waals surface area contributed by atoms with Gasteiger partial charge in [0.25, 0.3) is 0 Å². The average Bonchev–Trinajstić information content (AvgIpc) is 2.81. The molecule has 1 rings (SSSR count). The molecule has 5 nitrogen and oxygen atoms in total. The van der Waals surface area contributed by atoms with E-state index in [1.807, 2.05) is 0 Å². The number of nitrogens with one attached hydrogen (secondary N) is 1. The van der Waals surface area contributed by atoms with E-state index >= 15 is 0 Å². The third-order valence-corrected chi connectivity index (χ3v) is 3.11. The van der Waals surface area contributed by atoms with E-state index < -0.39 is 6.10 Å². The number of rotatable bonds is 9. The van der Waals surface area contributed by atoms with Crippen molar-refractivity contribution in [2.45, 2.75) is 38.7 Å².